The lowest BCUT2D eigenvalue weighted by Gasteiger charge is -2.38. The zero-order valence-electron chi connectivity index (χ0n) is 9.76. The second kappa shape index (κ2) is 4.76. The number of anilines is 1. The molecule has 2 heterocycles. The first-order chi connectivity index (χ1) is 7.70. The van der Waals surface area contributed by atoms with Gasteiger partial charge in [-0.05, 0) is 26.0 Å². The Morgan fingerprint density at radius 2 is 2.31 bits per heavy atom. The topological polar surface area (TPSA) is 64.3 Å². The van der Waals surface area contributed by atoms with Crippen LogP contribution in [0.15, 0.2) is 12.1 Å². The third kappa shape index (κ3) is 2.31. The van der Waals surface area contributed by atoms with Crippen LogP contribution in [0.3, 0.4) is 0 Å². The summed E-state index contributed by atoms with van der Waals surface area (Å²) in [6.45, 7) is 6.08. The molecule has 1 aromatic heterocycles. The first kappa shape index (κ1) is 11.3. The number of aromatic nitrogens is 2. The lowest BCUT2D eigenvalue weighted by atomic mass is 10.2. The summed E-state index contributed by atoms with van der Waals surface area (Å²) in [5.74, 6) is 0.903. The minimum atomic E-state index is 0.0966. The molecular weight excluding hydrogens is 204 g/mol. The van der Waals surface area contributed by atoms with E-state index in [2.05, 4.69) is 22.0 Å². The van der Waals surface area contributed by atoms with E-state index in [1.54, 1.807) is 0 Å². The highest BCUT2D eigenvalue weighted by molar-refractivity contribution is 5.39. The standard InChI is InChI=1S/C11H18N4O/c1-8-3-4-11(14-13-8)15-6-10(5-12)16-7-9(15)2/h3-4,9-10H,5-7,12H2,1-2H3. The van der Waals surface area contributed by atoms with E-state index in [0.29, 0.717) is 19.2 Å². The molecule has 88 valence electrons. The Morgan fingerprint density at radius 3 is 2.94 bits per heavy atom. The van der Waals surface area contributed by atoms with Crippen LogP contribution in [0.4, 0.5) is 5.82 Å². The molecule has 5 nitrogen and oxygen atoms in total. The van der Waals surface area contributed by atoms with Crippen LogP contribution in [0, 0.1) is 6.92 Å². The van der Waals surface area contributed by atoms with Gasteiger partial charge in [0, 0.05) is 13.1 Å². The van der Waals surface area contributed by atoms with Crippen LogP contribution in [-0.4, -0.2) is 42.0 Å². The molecule has 1 fully saturated rings. The van der Waals surface area contributed by atoms with Crippen molar-refractivity contribution in [3.05, 3.63) is 17.8 Å². The maximum atomic E-state index is 5.63. The Balaban J connectivity index is 2.14. The molecule has 0 aromatic carbocycles. The van der Waals surface area contributed by atoms with Crippen molar-refractivity contribution in [1.29, 1.82) is 0 Å². The first-order valence-electron chi connectivity index (χ1n) is 5.59. The van der Waals surface area contributed by atoms with Crippen LogP contribution < -0.4 is 10.6 Å². The summed E-state index contributed by atoms with van der Waals surface area (Å²) in [5.41, 5.74) is 6.56. The molecule has 2 atom stereocenters. The van der Waals surface area contributed by atoms with E-state index < -0.39 is 0 Å². The summed E-state index contributed by atoms with van der Waals surface area (Å²) in [6.07, 6.45) is 0.0966. The summed E-state index contributed by atoms with van der Waals surface area (Å²) in [5, 5.41) is 8.28. The Kier molecular flexibility index (Phi) is 3.36. The highest BCUT2D eigenvalue weighted by atomic mass is 16.5. The number of nitrogens with zero attached hydrogens (tertiary/aromatic N) is 3. The maximum absolute atomic E-state index is 5.63. The molecule has 1 aromatic rings. The minimum absolute atomic E-state index is 0.0966. The number of hydrogen-bond acceptors (Lipinski definition) is 5. The Labute approximate surface area is 95.6 Å². The quantitative estimate of drug-likeness (QED) is 0.781. The predicted octanol–water partition coefficient (Wildman–Crippen LogP) is 0.337. The lowest BCUT2D eigenvalue weighted by molar-refractivity contribution is 0.0279. The molecule has 0 amide bonds. The summed E-state index contributed by atoms with van der Waals surface area (Å²) >= 11 is 0. The van der Waals surface area contributed by atoms with Crippen molar-refractivity contribution in [2.45, 2.75) is 26.0 Å². The van der Waals surface area contributed by atoms with Gasteiger partial charge in [-0.3, -0.25) is 0 Å². The van der Waals surface area contributed by atoms with E-state index in [1.165, 1.54) is 0 Å². The fraction of sp³-hybridized carbons (Fsp3) is 0.636. The molecule has 0 bridgehead atoms. The Bertz CT molecular complexity index is 340. The molecule has 2 rings (SSSR count). The fourth-order valence-electron chi connectivity index (χ4n) is 1.82. The monoisotopic (exact) mass is 222 g/mol. The molecule has 5 heteroatoms. The molecule has 0 saturated carbocycles. The van der Waals surface area contributed by atoms with Gasteiger partial charge in [-0.2, -0.15) is 5.10 Å². The van der Waals surface area contributed by atoms with Gasteiger partial charge in [0.1, 0.15) is 0 Å². The van der Waals surface area contributed by atoms with Gasteiger partial charge in [0.15, 0.2) is 5.82 Å². The van der Waals surface area contributed by atoms with E-state index in [4.69, 9.17) is 10.5 Å². The van der Waals surface area contributed by atoms with Crippen LogP contribution >= 0.6 is 0 Å². The van der Waals surface area contributed by atoms with Gasteiger partial charge in [0.25, 0.3) is 0 Å². The highest BCUT2D eigenvalue weighted by Crippen LogP contribution is 2.18. The van der Waals surface area contributed by atoms with Gasteiger partial charge in [0.05, 0.1) is 24.4 Å². The number of rotatable bonds is 2. The van der Waals surface area contributed by atoms with Crippen LogP contribution in [-0.2, 0) is 4.74 Å². The van der Waals surface area contributed by atoms with Crippen molar-refractivity contribution < 1.29 is 4.74 Å². The highest BCUT2D eigenvalue weighted by Gasteiger charge is 2.26. The van der Waals surface area contributed by atoms with Gasteiger partial charge in [-0.25, -0.2) is 0 Å². The number of morpholine rings is 1. The zero-order chi connectivity index (χ0) is 11.5. The van der Waals surface area contributed by atoms with Gasteiger partial charge in [-0.15, -0.1) is 5.10 Å². The summed E-state index contributed by atoms with van der Waals surface area (Å²) in [4.78, 5) is 2.20. The summed E-state index contributed by atoms with van der Waals surface area (Å²) in [7, 11) is 0. The van der Waals surface area contributed by atoms with Crippen molar-refractivity contribution in [3.63, 3.8) is 0 Å². The SMILES string of the molecule is Cc1ccc(N2CC(CN)OCC2C)nn1. The smallest absolute Gasteiger partial charge is 0.151 e. The number of aryl methyl sites for hydroxylation is 1. The molecular formula is C11H18N4O. The average molecular weight is 222 g/mol. The van der Waals surface area contributed by atoms with E-state index in [1.807, 2.05) is 19.1 Å². The van der Waals surface area contributed by atoms with Crippen LogP contribution in [0.5, 0.6) is 0 Å². The molecule has 1 saturated heterocycles. The van der Waals surface area contributed by atoms with Crippen molar-refractivity contribution in [1.82, 2.24) is 10.2 Å². The Hall–Kier alpha value is -1.20. The van der Waals surface area contributed by atoms with Crippen molar-refractivity contribution in [3.8, 4) is 0 Å². The van der Waals surface area contributed by atoms with E-state index in [0.717, 1.165) is 18.1 Å². The summed E-state index contributed by atoms with van der Waals surface area (Å²) < 4.78 is 5.60. The van der Waals surface area contributed by atoms with Crippen LogP contribution in [0.2, 0.25) is 0 Å². The lowest BCUT2D eigenvalue weighted by Crippen LogP contribution is -2.51. The second-order valence-corrected chi connectivity index (χ2v) is 4.23. The third-order valence-corrected chi connectivity index (χ3v) is 2.85. The third-order valence-electron chi connectivity index (χ3n) is 2.85. The predicted molar refractivity (Wildman–Crippen MR) is 62.4 cm³/mol. The van der Waals surface area contributed by atoms with E-state index >= 15 is 0 Å². The molecule has 16 heavy (non-hydrogen) atoms. The normalized spacial score (nSPS) is 25.8. The fourth-order valence-corrected chi connectivity index (χ4v) is 1.82. The molecule has 0 aliphatic carbocycles. The number of nitrogens with two attached hydrogens (primary N) is 1. The van der Waals surface area contributed by atoms with E-state index in [-0.39, 0.29) is 6.10 Å². The number of ether oxygens (including phenoxy) is 1. The van der Waals surface area contributed by atoms with Crippen molar-refractivity contribution >= 4 is 5.82 Å². The zero-order valence-corrected chi connectivity index (χ0v) is 9.76. The molecule has 0 spiro atoms. The van der Waals surface area contributed by atoms with Crippen molar-refractivity contribution in [2.75, 3.05) is 24.6 Å². The van der Waals surface area contributed by atoms with Gasteiger partial charge >= 0.3 is 0 Å². The Morgan fingerprint density at radius 1 is 1.50 bits per heavy atom. The van der Waals surface area contributed by atoms with Crippen LogP contribution in [0.1, 0.15) is 12.6 Å². The first-order valence-corrected chi connectivity index (χ1v) is 5.59. The van der Waals surface area contributed by atoms with Crippen molar-refractivity contribution in [2.24, 2.45) is 5.73 Å². The average Bonchev–Trinajstić information content (AvgIpc) is 2.31. The minimum Gasteiger partial charge on any atom is -0.373 e. The second-order valence-electron chi connectivity index (χ2n) is 4.23. The van der Waals surface area contributed by atoms with Gasteiger partial charge in [0.2, 0.25) is 0 Å². The number of hydrogen-bond donors (Lipinski definition) is 1. The maximum Gasteiger partial charge on any atom is 0.151 e. The molecule has 0 radical (unpaired) electrons. The van der Waals surface area contributed by atoms with Crippen LogP contribution in [0.25, 0.3) is 0 Å². The summed E-state index contributed by atoms with van der Waals surface area (Å²) in [6, 6.07) is 4.29. The molecule has 1 aliphatic heterocycles. The molecule has 2 N–H and O–H groups in total. The van der Waals surface area contributed by atoms with Gasteiger partial charge in [-0.1, -0.05) is 0 Å². The molecule has 2 unspecified atom stereocenters. The molecule has 1 aliphatic rings. The largest absolute Gasteiger partial charge is 0.373 e. The van der Waals surface area contributed by atoms with Gasteiger partial charge < -0.3 is 15.4 Å². The van der Waals surface area contributed by atoms with E-state index in [9.17, 15) is 0 Å².